The second kappa shape index (κ2) is 8.32. The van der Waals surface area contributed by atoms with Gasteiger partial charge in [0.25, 0.3) is 5.91 Å². The van der Waals surface area contributed by atoms with Crippen molar-refractivity contribution in [1.82, 2.24) is 0 Å². The lowest BCUT2D eigenvalue weighted by molar-refractivity contribution is -0.122. The number of anilines is 1. The van der Waals surface area contributed by atoms with E-state index in [0.29, 0.717) is 33.0 Å². The van der Waals surface area contributed by atoms with Gasteiger partial charge in [0.2, 0.25) is 0 Å². The first-order chi connectivity index (χ1) is 11.8. The van der Waals surface area contributed by atoms with Crippen molar-refractivity contribution in [3.63, 3.8) is 0 Å². The predicted octanol–water partition coefficient (Wildman–Crippen LogP) is 4.73. The van der Waals surface area contributed by atoms with Gasteiger partial charge in [-0.05, 0) is 43.7 Å². The van der Waals surface area contributed by atoms with Gasteiger partial charge in [-0.15, -0.1) is 0 Å². The van der Waals surface area contributed by atoms with Crippen LogP contribution in [0.5, 0.6) is 17.2 Å². The first kappa shape index (κ1) is 19.2. The average molecular weight is 384 g/mol. The maximum atomic E-state index is 12.4. The van der Waals surface area contributed by atoms with E-state index in [0.717, 1.165) is 5.56 Å². The van der Waals surface area contributed by atoms with Crippen LogP contribution < -0.4 is 19.5 Å². The lowest BCUT2D eigenvalue weighted by Gasteiger charge is -2.18. The van der Waals surface area contributed by atoms with E-state index in [4.69, 9.17) is 37.4 Å². The third-order valence-electron chi connectivity index (χ3n) is 3.54. The molecule has 1 amide bonds. The van der Waals surface area contributed by atoms with Crippen molar-refractivity contribution in [3.05, 3.63) is 45.9 Å². The minimum absolute atomic E-state index is 0.339. The van der Waals surface area contributed by atoms with Crippen molar-refractivity contribution >= 4 is 34.8 Å². The number of nitrogens with one attached hydrogen (secondary N) is 1. The van der Waals surface area contributed by atoms with Crippen LogP contribution in [0.25, 0.3) is 0 Å². The number of hydrogen-bond donors (Lipinski definition) is 1. The molecule has 0 saturated carbocycles. The number of methoxy groups -OCH3 is 2. The summed E-state index contributed by atoms with van der Waals surface area (Å²) in [5.74, 6) is 1.14. The third kappa shape index (κ3) is 4.71. The van der Waals surface area contributed by atoms with E-state index >= 15 is 0 Å². The third-order valence-corrected chi connectivity index (χ3v) is 4.07. The molecule has 0 aliphatic rings. The number of carbonyl (C=O) groups excluding carboxylic acids is 1. The lowest BCUT2D eigenvalue weighted by Crippen LogP contribution is -2.30. The number of amides is 1. The minimum atomic E-state index is -0.731. The van der Waals surface area contributed by atoms with Crippen LogP contribution in [0.2, 0.25) is 10.0 Å². The number of carbonyl (C=O) groups is 1. The van der Waals surface area contributed by atoms with Gasteiger partial charge < -0.3 is 19.5 Å². The quantitative estimate of drug-likeness (QED) is 0.783. The maximum Gasteiger partial charge on any atom is 0.265 e. The molecule has 2 aromatic carbocycles. The monoisotopic (exact) mass is 383 g/mol. The summed E-state index contributed by atoms with van der Waals surface area (Å²) in [5.41, 5.74) is 1.28. The molecule has 7 heteroatoms. The Morgan fingerprint density at radius 3 is 2.32 bits per heavy atom. The summed E-state index contributed by atoms with van der Waals surface area (Å²) in [6.07, 6.45) is -0.731. The topological polar surface area (TPSA) is 56.8 Å². The Labute approximate surface area is 156 Å². The minimum Gasteiger partial charge on any atom is -0.495 e. The van der Waals surface area contributed by atoms with Gasteiger partial charge in [-0.3, -0.25) is 4.79 Å². The highest BCUT2D eigenvalue weighted by atomic mass is 35.5. The molecule has 0 unspecified atom stereocenters. The first-order valence-electron chi connectivity index (χ1n) is 7.51. The van der Waals surface area contributed by atoms with E-state index in [2.05, 4.69) is 5.32 Å². The molecule has 1 atom stereocenters. The molecule has 134 valence electrons. The predicted molar refractivity (Wildman–Crippen MR) is 99.5 cm³/mol. The Morgan fingerprint density at radius 1 is 1.04 bits per heavy atom. The molecule has 0 radical (unpaired) electrons. The number of halogens is 2. The maximum absolute atomic E-state index is 12.4. The molecule has 0 heterocycles. The number of benzene rings is 2. The molecule has 0 aliphatic carbocycles. The highest BCUT2D eigenvalue weighted by Gasteiger charge is 2.19. The van der Waals surface area contributed by atoms with Crippen LogP contribution in [0.3, 0.4) is 0 Å². The van der Waals surface area contributed by atoms with Crippen LogP contribution in [-0.4, -0.2) is 26.2 Å². The fourth-order valence-electron chi connectivity index (χ4n) is 2.18. The van der Waals surface area contributed by atoms with Crippen molar-refractivity contribution in [3.8, 4) is 17.2 Å². The fraction of sp³-hybridized carbons (Fsp3) is 0.278. The zero-order valence-corrected chi connectivity index (χ0v) is 15.9. The number of hydrogen-bond acceptors (Lipinski definition) is 4. The second-order valence-electron chi connectivity index (χ2n) is 5.35. The van der Waals surface area contributed by atoms with E-state index in [1.807, 2.05) is 6.92 Å². The Kier molecular flexibility index (Phi) is 6.39. The van der Waals surface area contributed by atoms with Crippen molar-refractivity contribution in [2.24, 2.45) is 0 Å². The standard InChI is InChI=1S/C18H19Cl2NO4/c1-10-7-12(19)5-6-15(10)25-11(2)18(22)21-14-8-13(20)16(23-3)9-17(14)24-4/h5-9,11H,1-4H3,(H,21,22)/t11-/m0/s1. The number of rotatable bonds is 6. The molecule has 5 nitrogen and oxygen atoms in total. The van der Waals surface area contributed by atoms with E-state index < -0.39 is 6.10 Å². The van der Waals surface area contributed by atoms with Gasteiger partial charge >= 0.3 is 0 Å². The summed E-state index contributed by atoms with van der Waals surface area (Å²) in [7, 11) is 3.00. The molecule has 0 aromatic heterocycles. The van der Waals surface area contributed by atoms with Crippen molar-refractivity contribution in [2.75, 3.05) is 19.5 Å². The van der Waals surface area contributed by atoms with Gasteiger partial charge in [-0.1, -0.05) is 23.2 Å². The number of ether oxygens (including phenoxy) is 3. The molecule has 0 aliphatic heterocycles. The highest BCUT2D eigenvalue weighted by Crippen LogP contribution is 2.36. The van der Waals surface area contributed by atoms with E-state index in [-0.39, 0.29) is 5.91 Å². The molecule has 2 rings (SSSR count). The summed E-state index contributed by atoms with van der Waals surface area (Å²) in [6.45, 7) is 3.51. The average Bonchev–Trinajstić information content (AvgIpc) is 2.57. The normalized spacial score (nSPS) is 11.6. The Hall–Kier alpha value is -2.11. The first-order valence-corrected chi connectivity index (χ1v) is 8.26. The zero-order valence-electron chi connectivity index (χ0n) is 14.4. The van der Waals surface area contributed by atoms with E-state index in [1.165, 1.54) is 14.2 Å². The smallest absolute Gasteiger partial charge is 0.265 e. The molecule has 0 saturated heterocycles. The lowest BCUT2D eigenvalue weighted by atomic mass is 10.2. The molecule has 0 fully saturated rings. The molecule has 2 aromatic rings. The van der Waals surface area contributed by atoms with Crippen molar-refractivity contribution in [1.29, 1.82) is 0 Å². The van der Waals surface area contributed by atoms with Crippen LogP contribution in [0, 0.1) is 6.92 Å². The molecule has 25 heavy (non-hydrogen) atoms. The van der Waals surface area contributed by atoms with Crippen LogP contribution in [0.1, 0.15) is 12.5 Å². The summed E-state index contributed by atoms with van der Waals surface area (Å²) >= 11 is 12.0. The molecule has 1 N–H and O–H groups in total. The van der Waals surface area contributed by atoms with E-state index in [9.17, 15) is 4.79 Å². The zero-order chi connectivity index (χ0) is 18.6. The van der Waals surface area contributed by atoms with Crippen LogP contribution in [0.4, 0.5) is 5.69 Å². The summed E-state index contributed by atoms with van der Waals surface area (Å²) < 4.78 is 16.1. The van der Waals surface area contributed by atoms with Crippen LogP contribution in [0.15, 0.2) is 30.3 Å². The molecule has 0 spiro atoms. The van der Waals surface area contributed by atoms with Gasteiger partial charge in [0, 0.05) is 11.1 Å². The largest absolute Gasteiger partial charge is 0.495 e. The summed E-state index contributed by atoms with van der Waals surface area (Å²) in [5, 5.41) is 3.72. The summed E-state index contributed by atoms with van der Waals surface area (Å²) in [6, 6.07) is 8.38. The summed E-state index contributed by atoms with van der Waals surface area (Å²) in [4.78, 5) is 12.4. The van der Waals surface area contributed by atoms with Gasteiger partial charge in [0.1, 0.15) is 17.2 Å². The highest BCUT2D eigenvalue weighted by molar-refractivity contribution is 6.32. The Bertz CT molecular complexity index is 780. The van der Waals surface area contributed by atoms with Crippen LogP contribution >= 0.6 is 23.2 Å². The van der Waals surface area contributed by atoms with E-state index in [1.54, 1.807) is 37.3 Å². The van der Waals surface area contributed by atoms with Crippen molar-refractivity contribution in [2.45, 2.75) is 20.0 Å². The van der Waals surface area contributed by atoms with Gasteiger partial charge in [-0.2, -0.15) is 0 Å². The second-order valence-corrected chi connectivity index (χ2v) is 6.19. The Morgan fingerprint density at radius 2 is 1.72 bits per heavy atom. The van der Waals surface area contributed by atoms with Crippen LogP contribution in [-0.2, 0) is 4.79 Å². The number of aryl methyl sites for hydroxylation is 1. The molecular formula is C18H19Cl2NO4. The molecular weight excluding hydrogens is 365 g/mol. The van der Waals surface area contributed by atoms with Gasteiger partial charge in [-0.25, -0.2) is 0 Å². The van der Waals surface area contributed by atoms with Gasteiger partial charge in [0.05, 0.1) is 24.9 Å². The SMILES string of the molecule is COc1cc(OC)c(NC(=O)[C@H](C)Oc2ccc(Cl)cc2C)cc1Cl. The Balaban J connectivity index is 2.14. The van der Waals surface area contributed by atoms with Crippen molar-refractivity contribution < 1.29 is 19.0 Å². The van der Waals surface area contributed by atoms with Gasteiger partial charge in [0.15, 0.2) is 6.10 Å². The molecule has 0 bridgehead atoms. The fourth-order valence-corrected chi connectivity index (χ4v) is 2.65.